The molecule has 0 aliphatic heterocycles. The second-order valence-electron chi connectivity index (χ2n) is 5.10. The van der Waals surface area contributed by atoms with E-state index in [4.69, 9.17) is 5.10 Å². The van der Waals surface area contributed by atoms with Gasteiger partial charge in [0, 0.05) is 19.0 Å². The van der Waals surface area contributed by atoms with Crippen LogP contribution in [0.25, 0.3) is 10.9 Å². The average molecular weight is 284 g/mol. The zero-order valence-corrected chi connectivity index (χ0v) is 12.5. The van der Waals surface area contributed by atoms with Gasteiger partial charge in [-0.2, -0.15) is 10.2 Å². The number of nitrogens with zero attached hydrogens (tertiary/aromatic N) is 5. The maximum Gasteiger partial charge on any atom is 0.148 e. The van der Waals surface area contributed by atoms with E-state index in [2.05, 4.69) is 40.5 Å². The van der Waals surface area contributed by atoms with Crippen LogP contribution in [0.4, 0.5) is 0 Å². The van der Waals surface area contributed by atoms with E-state index >= 15 is 0 Å². The van der Waals surface area contributed by atoms with Gasteiger partial charge in [-0.1, -0.05) is 25.1 Å². The van der Waals surface area contributed by atoms with E-state index in [1.54, 1.807) is 11.0 Å². The first-order valence-corrected chi connectivity index (χ1v) is 7.27. The molecule has 21 heavy (non-hydrogen) atoms. The van der Waals surface area contributed by atoms with Gasteiger partial charge in [0.2, 0.25) is 0 Å². The summed E-state index contributed by atoms with van der Waals surface area (Å²) in [5.41, 5.74) is 2.22. The molecular weight excluding hydrogens is 264 g/mol. The Morgan fingerprint density at radius 2 is 2.10 bits per heavy atom. The number of hydrogen-bond donors (Lipinski definition) is 1. The fourth-order valence-corrected chi connectivity index (χ4v) is 2.43. The normalized spacial score (nSPS) is 11.3. The average Bonchev–Trinajstić information content (AvgIpc) is 3.05. The van der Waals surface area contributed by atoms with Crippen LogP contribution in [-0.4, -0.2) is 31.1 Å². The van der Waals surface area contributed by atoms with E-state index in [0.717, 1.165) is 36.5 Å². The highest BCUT2D eigenvalue weighted by Gasteiger charge is 2.11. The highest BCUT2D eigenvalue weighted by molar-refractivity contribution is 5.81. The van der Waals surface area contributed by atoms with Gasteiger partial charge in [0.25, 0.3) is 0 Å². The molecule has 6 nitrogen and oxygen atoms in total. The van der Waals surface area contributed by atoms with E-state index in [9.17, 15) is 0 Å². The van der Waals surface area contributed by atoms with Crippen molar-refractivity contribution in [1.82, 2.24) is 29.9 Å². The van der Waals surface area contributed by atoms with Gasteiger partial charge in [0.05, 0.1) is 11.2 Å². The summed E-state index contributed by atoms with van der Waals surface area (Å²) in [7, 11) is 1.90. The molecule has 0 fully saturated rings. The third kappa shape index (κ3) is 2.80. The Morgan fingerprint density at radius 1 is 1.24 bits per heavy atom. The van der Waals surface area contributed by atoms with Crippen LogP contribution in [0.5, 0.6) is 0 Å². The summed E-state index contributed by atoms with van der Waals surface area (Å²) in [5.74, 6) is 0.899. The molecule has 0 saturated heterocycles. The molecule has 0 spiro atoms. The lowest BCUT2D eigenvalue weighted by Crippen LogP contribution is -2.15. The van der Waals surface area contributed by atoms with Crippen molar-refractivity contribution in [2.75, 3.05) is 6.54 Å². The van der Waals surface area contributed by atoms with Crippen LogP contribution >= 0.6 is 0 Å². The Morgan fingerprint density at radius 3 is 2.86 bits per heavy atom. The second kappa shape index (κ2) is 6.05. The number of fused-ring (bicyclic) bond motifs is 1. The summed E-state index contributed by atoms with van der Waals surface area (Å²) in [6, 6.07) is 8.32. The van der Waals surface area contributed by atoms with Crippen LogP contribution in [0.15, 0.2) is 30.6 Å². The van der Waals surface area contributed by atoms with Crippen molar-refractivity contribution in [1.29, 1.82) is 0 Å². The molecule has 3 aromatic rings. The minimum Gasteiger partial charge on any atom is -0.311 e. The Kier molecular flexibility index (Phi) is 3.96. The SMILES string of the molecule is CCCNCc1nn(Cc2ncnn2C)c2ccccc12. The van der Waals surface area contributed by atoms with Gasteiger partial charge >= 0.3 is 0 Å². The Labute approximate surface area is 123 Å². The number of benzene rings is 1. The van der Waals surface area contributed by atoms with Gasteiger partial charge in [0.1, 0.15) is 18.7 Å². The number of rotatable bonds is 6. The molecule has 2 heterocycles. The van der Waals surface area contributed by atoms with Crippen molar-refractivity contribution in [2.45, 2.75) is 26.4 Å². The summed E-state index contributed by atoms with van der Waals surface area (Å²) < 4.78 is 3.79. The summed E-state index contributed by atoms with van der Waals surface area (Å²) in [6.45, 7) is 4.59. The molecule has 0 saturated carbocycles. The quantitative estimate of drug-likeness (QED) is 0.700. The highest BCUT2D eigenvalue weighted by Crippen LogP contribution is 2.19. The first-order chi connectivity index (χ1) is 10.3. The van der Waals surface area contributed by atoms with E-state index in [1.807, 2.05) is 17.8 Å². The van der Waals surface area contributed by atoms with Gasteiger partial charge in [0.15, 0.2) is 0 Å². The monoisotopic (exact) mass is 284 g/mol. The molecule has 110 valence electrons. The van der Waals surface area contributed by atoms with Crippen LogP contribution < -0.4 is 5.32 Å². The molecule has 0 bridgehead atoms. The van der Waals surface area contributed by atoms with Crippen molar-refractivity contribution in [3.63, 3.8) is 0 Å². The van der Waals surface area contributed by atoms with Crippen molar-refractivity contribution in [3.8, 4) is 0 Å². The van der Waals surface area contributed by atoms with Crippen molar-refractivity contribution >= 4 is 10.9 Å². The highest BCUT2D eigenvalue weighted by atomic mass is 15.4. The van der Waals surface area contributed by atoms with Gasteiger partial charge in [-0.05, 0) is 19.0 Å². The fourth-order valence-electron chi connectivity index (χ4n) is 2.43. The fraction of sp³-hybridized carbons (Fsp3) is 0.400. The van der Waals surface area contributed by atoms with Crippen LogP contribution in [0.1, 0.15) is 24.9 Å². The summed E-state index contributed by atoms with van der Waals surface area (Å²) in [6.07, 6.45) is 2.70. The minimum absolute atomic E-state index is 0.630. The molecule has 0 atom stereocenters. The molecular formula is C15H20N6. The second-order valence-corrected chi connectivity index (χ2v) is 5.10. The number of hydrogen-bond acceptors (Lipinski definition) is 4. The number of aryl methyl sites for hydroxylation is 1. The van der Waals surface area contributed by atoms with E-state index in [1.165, 1.54) is 5.39 Å². The summed E-state index contributed by atoms with van der Waals surface area (Å²) in [4.78, 5) is 4.28. The lowest BCUT2D eigenvalue weighted by molar-refractivity contribution is 0.601. The third-order valence-corrected chi connectivity index (χ3v) is 3.55. The van der Waals surface area contributed by atoms with Crippen LogP contribution in [0.3, 0.4) is 0 Å². The smallest absolute Gasteiger partial charge is 0.148 e. The van der Waals surface area contributed by atoms with E-state index < -0.39 is 0 Å². The number of aromatic nitrogens is 5. The lowest BCUT2D eigenvalue weighted by atomic mass is 10.2. The lowest BCUT2D eigenvalue weighted by Gasteiger charge is -2.02. The molecule has 6 heteroatoms. The third-order valence-electron chi connectivity index (χ3n) is 3.55. The Balaban J connectivity index is 1.93. The van der Waals surface area contributed by atoms with E-state index in [0.29, 0.717) is 6.54 Å². The first-order valence-electron chi connectivity index (χ1n) is 7.27. The van der Waals surface area contributed by atoms with Gasteiger partial charge in [-0.15, -0.1) is 0 Å². The van der Waals surface area contributed by atoms with Crippen molar-refractivity contribution in [2.24, 2.45) is 7.05 Å². The molecule has 3 rings (SSSR count). The van der Waals surface area contributed by atoms with Gasteiger partial charge in [-0.25, -0.2) is 4.98 Å². The zero-order valence-electron chi connectivity index (χ0n) is 12.5. The Hall–Kier alpha value is -2.21. The largest absolute Gasteiger partial charge is 0.311 e. The summed E-state index contributed by atoms with van der Waals surface area (Å²) in [5, 5.41) is 13.5. The van der Waals surface area contributed by atoms with Crippen molar-refractivity contribution in [3.05, 3.63) is 42.1 Å². The predicted octanol–water partition coefficient (Wildman–Crippen LogP) is 1.71. The molecule has 0 aliphatic carbocycles. The topological polar surface area (TPSA) is 60.6 Å². The molecule has 0 radical (unpaired) electrons. The van der Waals surface area contributed by atoms with Gasteiger partial charge in [-0.3, -0.25) is 9.36 Å². The Bertz CT molecular complexity index is 727. The molecule has 0 amide bonds. The van der Waals surface area contributed by atoms with Gasteiger partial charge < -0.3 is 5.32 Å². The standard InChI is InChI=1S/C15H20N6/c1-3-8-16-9-13-12-6-4-5-7-14(12)21(19-13)10-15-17-11-18-20(15)2/h4-7,11,16H,3,8-10H2,1-2H3. The van der Waals surface area contributed by atoms with Crippen LogP contribution in [0, 0.1) is 0 Å². The minimum atomic E-state index is 0.630. The van der Waals surface area contributed by atoms with Crippen LogP contribution in [-0.2, 0) is 20.1 Å². The zero-order chi connectivity index (χ0) is 14.7. The summed E-state index contributed by atoms with van der Waals surface area (Å²) >= 11 is 0. The molecule has 0 unspecified atom stereocenters. The predicted molar refractivity (Wildman–Crippen MR) is 81.8 cm³/mol. The van der Waals surface area contributed by atoms with E-state index in [-0.39, 0.29) is 0 Å². The van der Waals surface area contributed by atoms with Crippen molar-refractivity contribution < 1.29 is 0 Å². The van der Waals surface area contributed by atoms with Crippen LogP contribution in [0.2, 0.25) is 0 Å². The maximum atomic E-state index is 4.75. The molecule has 1 N–H and O–H groups in total. The maximum absolute atomic E-state index is 4.75. The molecule has 2 aromatic heterocycles. The first kappa shape index (κ1) is 13.8. The molecule has 1 aromatic carbocycles. The number of para-hydroxylation sites is 1. The molecule has 0 aliphatic rings. The number of nitrogens with one attached hydrogen (secondary N) is 1.